The molecule has 0 bridgehead atoms. The second-order valence-electron chi connectivity index (χ2n) is 9.72. The number of carboxylic acid groups (broad SMARTS) is 1. The summed E-state index contributed by atoms with van der Waals surface area (Å²) in [5.41, 5.74) is 3.33. The molecule has 1 aliphatic rings. The topological polar surface area (TPSA) is 135 Å². The van der Waals surface area contributed by atoms with Gasteiger partial charge in [0.2, 0.25) is 0 Å². The van der Waals surface area contributed by atoms with Crippen LogP contribution in [0.4, 0.5) is 0 Å². The van der Waals surface area contributed by atoms with E-state index in [1.54, 1.807) is 42.5 Å². The second kappa shape index (κ2) is 11.0. The van der Waals surface area contributed by atoms with Crippen LogP contribution < -0.4 is 5.32 Å². The van der Waals surface area contributed by atoms with Crippen molar-refractivity contribution in [1.82, 2.24) is 15.2 Å². The number of aromatic hydroxyl groups is 1. The Morgan fingerprint density at radius 2 is 1.62 bits per heavy atom. The SMILES string of the molecule is CC(=O)c1ccc2[nH]c(O)c(C(=NC3CCC(N(C)C)CC3)c3ccc(C(=O)NCC(=O)O)cc3)c2c1. The Kier molecular flexibility index (Phi) is 7.73. The van der Waals surface area contributed by atoms with Crippen molar-refractivity contribution >= 4 is 34.3 Å². The fraction of sp³-hybridized carbons (Fsp3) is 0.357. The highest BCUT2D eigenvalue weighted by Gasteiger charge is 2.25. The molecule has 194 valence electrons. The highest BCUT2D eigenvalue weighted by atomic mass is 16.4. The number of ketones is 1. The summed E-state index contributed by atoms with van der Waals surface area (Å²) in [6, 6.07) is 12.5. The zero-order chi connectivity index (χ0) is 26.7. The Bertz CT molecular complexity index is 1350. The van der Waals surface area contributed by atoms with Gasteiger partial charge in [0.15, 0.2) is 11.7 Å². The van der Waals surface area contributed by atoms with Crippen molar-refractivity contribution in [3.05, 3.63) is 64.7 Å². The summed E-state index contributed by atoms with van der Waals surface area (Å²) in [5.74, 6) is -1.73. The molecule has 0 unspecified atom stereocenters. The summed E-state index contributed by atoms with van der Waals surface area (Å²) in [7, 11) is 4.18. The predicted molar refractivity (Wildman–Crippen MR) is 142 cm³/mol. The zero-order valence-electron chi connectivity index (χ0n) is 21.2. The first-order chi connectivity index (χ1) is 17.6. The van der Waals surface area contributed by atoms with E-state index < -0.39 is 18.4 Å². The van der Waals surface area contributed by atoms with Gasteiger partial charge in [-0.15, -0.1) is 0 Å². The third-order valence-electron chi connectivity index (χ3n) is 6.95. The number of fused-ring (bicyclic) bond motifs is 1. The molecular weight excluding hydrogens is 472 g/mol. The number of carboxylic acids is 1. The van der Waals surface area contributed by atoms with Gasteiger partial charge in [-0.25, -0.2) is 0 Å². The molecule has 9 nitrogen and oxygen atoms in total. The predicted octanol–water partition coefficient (Wildman–Crippen LogP) is 3.60. The van der Waals surface area contributed by atoms with Crippen LogP contribution in [-0.4, -0.2) is 76.2 Å². The van der Waals surface area contributed by atoms with E-state index >= 15 is 0 Å². The number of aliphatic imine (C=N–C) groups is 1. The van der Waals surface area contributed by atoms with E-state index in [0.717, 1.165) is 25.7 Å². The maximum atomic E-state index is 12.3. The van der Waals surface area contributed by atoms with Gasteiger partial charge in [-0.3, -0.25) is 19.4 Å². The molecular formula is C28H32N4O5. The average molecular weight is 505 g/mol. The second-order valence-corrected chi connectivity index (χ2v) is 9.72. The maximum Gasteiger partial charge on any atom is 0.322 e. The number of aromatic amines is 1. The number of Topliss-reactive ketones (excluding diaryl/α,β-unsaturated/α-hetero) is 1. The number of nitrogens with one attached hydrogen (secondary N) is 2. The van der Waals surface area contributed by atoms with Gasteiger partial charge < -0.3 is 25.4 Å². The summed E-state index contributed by atoms with van der Waals surface area (Å²) in [4.78, 5) is 45.5. The van der Waals surface area contributed by atoms with E-state index in [-0.39, 0.29) is 17.7 Å². The van der Waals surface area contributed by atoms with Gasteiger partial charge in [0, 0.05) is 33.6 Å². The molecule has 0 atom stereocenters. The van der Waals surface area contributed by atoms with E-state index in [4.69, 9.17) is 10.1 Å². The molecule has 1 saturated carbocycles. The van der Waals surface area contributed by atoms with Crippen molar-refractivity contribution in [1.29, 1.82) is 0 Å². The first kappa shape index (κ1) is 26.1. The number of carbonyl (C=O) groups is 3. The Morgan fingerprint density at radius 3 is 2.22 bits per heavy atom. The van der Waals surface area contributed by atoms with E-state index in [9.17, 15) is 19.5 Å². The minimum absolute atomic E-state index is 0.0419. The monoisotopic (exact) mass is 504 g/mol. The molecule has 2 aromatic carbocycles. The Labute approximate surface area is 215 Å². The van der Waals surface area contributed by atoms with Crippen LogP contribution in [0, 0.1) is 0 Å². The molecule has 0 radical (unpaired) electrons. The number of carbonyl (C=O) groups excluding carboxylic acids is 2. The molecule has 0 spiro atoms. The van der Waals surface area contributed by atoms with Crippen molar-refractivity contribution in [3.63, 3.8) is 0 Å². The highest BCUT2D eigenvalue weighted by Crippen LogP contribution is 2.33. The minimum Gasteiger partial charge on any atom is -0.494 e. The van der Waals surface area contributed by atoms with E-state index in [1.165, 1.54) is 6.92 Å². The van der Waals surface area contributed by atoms with Gasteiger partial charge in [-0.2, -0.15) is 0 Å². The molecule has 3 aromatic rings. The lowest BCUT2D eigenvalue weighted by Gasteiger charge is -2.31. The summed E-state index contributed by atoms with van der Waals surface area (Å²) < 4.78 is 0. The van der Waals surface area contributed by atoms with Crippen LogP contribution in [0.2, 0.25) is 0 Å². The lowest BCUT2D eigenvalue weighted by Crippen LogP contribution is -2.33. The number of benzene rings is 2. The van der Waals surface area contributed by atoms with Gasteiger partial charge in [0.05, 0.1) is 17.3 Å². The van der Waals surface area contributed by atoms with Crippen LogP contribution in [0.25, 0.3) is 10.9 Å². The quantitative estimate of drug-likeness (QED) is 0.273. The number of hydrogen-bond donors (Lipinski definition) is 4. The van der Waals surface area contributed by atoms with Crippen molar-refractivity contribution < 1.29 is 24.6 Å². The number of nitrogens with zero attached hydrogens (tertiary/aromatic N) is 2. The first-order valence-electron chi connectivity index (χ1n) is 12.3. The molecule has 1 aromatic heterocycles. The van der Waals surface area contributed by atoms with Crippen LogP contribution in [0.15, 0.2) is 47.5 Å². The van der Waals surface area contributed by atoms with Gasteiger partial charge >= 0.3 is 5.97 Å². The van der Waals surface area contributed by atoms with Crippen LogP contribution in [0.1, 0.15) is 64.4 Å². The molecule has 1 fully saturated rings. The van der Waals surface area contributed by atoms with Crippen LogP contribution >= 0.6 is 0 Å². The van der Waals surface area contributed by atoms with Crippen LogP contribution in [0.5, 0.6) is 5.88 Å². The van der Waals surface area contributed by atoms with E-state index in [1.807, 2.05) is 0 Å². The van der Waals surface area contributed by atoms with Gasteiger partial charge in [-0.05, 0) is 77.0 Å². The standard InChI is InChI=1S/C28H32N4O5/c1-16(33)19-8-13-23-22(14-19)25(28(37)31-23)26(30-20-9-11-21(12-10-20)32(2)3)17-4-6-18(7-5-17)27(36)29-15-24(34)35/h4-8,13-14,20-21,31,37H,9-12,15H2,1-3H3,(H,29,36)(H,34,35). The number of rotatable bonds is 8. The van der Waals surface area contributed by atoms with Crippen molar-refractivity contribution in [2.75, 3.05) is 20.6 Å². The van der Waals surface area contributed by atoms with Crippen molar-refractivity contribution in [3.8, 4) is 5.88 Å². The third kappa shape index (κ3) is 5.89. The fourth-order valence-corrected chi connectivity index (χ4v) is 4.84. The van der Waals surface area contributed by atoms with Crippen LogP contribution in [0.3, 0.4) is 0 Å². The number of amides is 1. The van der Waals surface area contributed by atoms with Gasteiger partial charge in [-0.1, -0.05) is 12.1 Å². The highest BCUT2D eigenvalue weighted by molar-refractivity contribution is 6.22. The fourth-order valence-electron chi connectivity index (χ4n) is 4.84. The third-order valence-corrected chi connectivity index (χ3v) is 6.95. The number of hydrogen-bond acceptors (Lipinski definition) is 6. The lowest BCUT2D eigenvalue weighted by atomic mass is 9.90. The zero-order valence-corrected chi connectivity index (χ0v) is 21.2. The molecule has 1 amide bonds. The average Bonchev–Trinajstić information content (AvgIpc) is 3.20. The molecule has 0 saturated heterocycles. The summed E-state index contributed by atoms with van der Waals surface area (Å²) in [5, 5.41) is 22.8. The van der Waals surface area contributed by atoms with Gasteiger partial charge in [0.1, 0.15) is 6.54 Å². The smallest absolute Gasteiger partial charge is 0.322 e. The number of H-pyrrole nitrogens is 1. The summed E-state index contributed by atoms with van der Waals surface area (Å²) in [6.07, 6.45) is 3.85. The van der Waals surface area contributed by atoms with Crippen molar-refractivity contribution in [2.45, 2.75) is 44.7 Å². The van der Waals surface area contributed by atoms with E-state index in [0.29, 0.717) is 44.9 Å². The molecule has 4 N–H and O–H groups in total. The largest absolute Gasteiger partial charge is 0.494 e. The minimum atomic E-state index is -1.12. The molecule has 0 aliphatic heterocycles. The first-order valence-corrected chi connectivity index (χ1v) is 12.3. The molecule has 4 rings (SSSR count). The van der Waals surface area contributed by atoms with Crippen LogP contribution in [-0.2, 0) is 4.79 Å². The number of aromatic nitrogens is 1. The molecule has 37 heavy (non-hydrogen) atoms. The van der Waals surface area contributed by atoms with Gasteiger partial charge in [0.25, 0.3) is 5.91 Å². The maximum absolute atomic E-state index is 12.3. The van der Waals surface area contributed by atoms with E-state index in [2.05, 4.69) is 29.3 Å². The molecule has 9 heteroatoms. The normalized spacial score (nSPS) is 18.2. The summed E-state index contributed by atoms with van der Waals surface area (Å²) in [6.45, 7) is 1.03. The van der Waals surface area contributed by atoms with Crippen molar-refractivity contribution in [2.24, 2.45) is 4.99 Å². The summed E-state index contributed by atoms with van der Waals surface area (Å²) >= 11 is 0. The number of aliphatic carboxylic acids is 1. The molecule has 1 heterocycles. The Morgan fingerprint density at radius 1 is 1.00 bits per heavy atom. The Balaban J connectivity index is 1.76. The lowest BCUT2D eigenvalue weighted by molar-refractivity contribution is -0.135. The Hall–Kier alpha value is -3.98. The molecule has 1 aliphatic carbocycles.